The number of carbonyl (C=O) groups excluding carboxylic acids is 3. The second kappa shape index (κ2) is 7.70. The number of amides is 4. The van der Waals surface area contributed by atoms with E-state index in [1.54, 1.807) is 11.9 Å². The Hall–Kier alpha value is -1.34. The minimum absolute atomic E-state index is 0. The van der Waals surface area contributed by atoms with Crippen molar-refractivity contribution in [3.8, 4) is 0 Å². The van der Waals surface area contributed by atoms with E-state index in [4.69, 9.17) is 5.73 Å². The largest absolute Gasteiger partial charge is 0.345 e. The van der Waals surface area contributed by atoms with E-state index in [9.17, 15) is 14.4 Å². The molecule has 1 saturated carbocycles. The first-order chi connectivity index (χ1) is 10.7. The molecule has 2 fully saturated rings. The minimum atomic E-state index is -0.701. The first-order valence-corrected chi connectivity index (χ1v) is 8.29. The zero-order chi connectivity index (χ0) is 17.3. The predicted octanol–water partition coefficient (Wildman–Crippen LogP) is 1.11. The number of nitrogens with zero attached hydrogens (tertiary/aromatic N) is 2. The van der Waals surface area contributed by atoms with Crippen LogP contribution in [0.1, 0.15) is 46.0 Å². The first-order valence-electron chi connectivity index (χ1n) is 8.29. The Balaban J connectivity index is 0.00000288. The molecule has 1 aliphatic heterocycles. The summed E-state index contributed by atoms with van der Waals surface area (Å²) < 4.78 is 0. The van der Waals surface area contributed by atoms with Gasteiger partial charge in [0.2, 0.25) is 5.91 Å². The average Bonchev–Trinajstić information content (AvgIpc) is 3.04. The van der Waals surface area contributed by atoms with Crippen LogP contribution >= 0.6 is 12.4 Å². The number of nitrogens with one attached hydrogen (secondary N) is 1. The molecular formula is C16H29ClN4O3. The molecule has 1 saturated heterocycles. The molecule has 0 atom stereocenters. The summed E-state index contributed by atoms with van der Waals surface area (Å²) in [5.74, 6) is -0.253. The number of imide groups is 1. The van der Waals surface area contributed by atoms with Crippen molar-refractivity contribution in [3.63, 3.8) is 0 Å². The lowest BCUT2D eigenvalue weighted by Gasteiger charge is -2.29. The Kier molecular flexibility index (Phi) is 6.64. The zero-order valence-electron chi connectivity index (χ0n) is 14.8. The highest BCUT2D eigenvalue weighted by Gasteiger charge is 2.52. The first kappa shape index (κ1) is 20.7. The van der Waals surface area contributed by atoms with Gasteiger partial charge in [0.05, 0.1) is 0 Å². The molecule has 24 heavy (non-hydrogen) atoms. The maximum absolute atomic E-state index is 12.5. The standard InChI is InChI=1S/C16H28N4O3.ClH/c1-15(2,10-17)11-19(3)12(21)6-9-20-13(22)16(18-14(20)23)7-4-5-8-16;/h4-11,17H2,1-3H3,(H,18,23);1H. The summed E-state index contributed by atoms with van der Waals surface area (Å²) >= 11 is 0. The Morgan fingerprint density at radius 3 is 2.46 bits per heavy atom. The topological polar surface area (TPSA) is 95.7 Å². The van der Waals surface area contributed by atoms with Crippen molar-refractivity contribution < 1.29 is 14.4 Å². The number of rotatable bonds is 6. The Labute approximate surface area is 149 Å². The number of halogens is 1. The van der Waals surface area contributed by atoms with E-state index < -0.39 is 5.54 Å². The van der Waals surface area contributed by atoms with Gasteiger partial charge in [-0.15, -0.1) is 12.4 Å². The molecule has 2 rings (SSSR count). The molecule has 0 aromatic carbocycles. The molecule has 1 spiro atoms. The van der Waals surface area contributed by atoms with Crippen LogP contribution in [-0.4, -0.2) is 59.9 Å². The van der Waals surface area contributed by atoms with Crippen molar-refractivity contribution >= 4 is 30.3 Å². The highest BCUT2D eigenvalue weighted by Crippen LogP contribution is 2.35. The lowest BCUT2D eigenvalue weighted by atomic mass is 9.93. The van der Waals surface area contributed by atoms with E-state index in [0.717, 1.165) is 12.8 Å². The van der Waals surface area contributed by atoms with Crippen molar-refractivity contribution in [2.75, 3.05) is 26.7 Å². The van der Waals surface area contributed by atoms with Gasteiger partial charge in [0.25, 0.3) is 5.91 Å². The third kappa shape index (κ3) is 4.19. The van der Waals surface area contributed by atoms with Crippen LogP contribution in [0.15, 0.2) is 0 Å². The summed E-state index contributed by atoms with van der Waals surface area (Å²) in [7, 11) is 1.73. The van der Waals surface area contributed by atoms with Crippen molar-refractivity contribution in [3.05, 3.63) is 0 Å². The van der Waals surface area contributed by atoms with Gasteiger partial charge in [-0.3, -0.25) is 14.5 Å². The molecule has 3 N–H and O–H groups in total. The van der Waals surface area contributed by atoms with Crippen LogP contribution in [0.3, 0.4) is 0 Å². The SMILES string of the molecule is CN(CC(C)(C)CN)C(=O)CCN1C(=O)NC2(CCCC2)C1=O.Cl. The molecular weight excluding hydrogens is 332 g/mol. The fourth-order valence-electron chi connectivity index (χ4n) is 3.39. The lowest BCUT2D eigenvalue weighted by molar-refractivity contribution is -0.133. The van der Waals surface area contributed by atoms with Gasteiger partial charge in [0.1, 0.15) is 5.54 Å². The predicted molar refractivity (Wildman–Crippen MR) is 93.8 cm³/mol. The number of urea groups is 1. The van der Waals surface area contributed by atoms with Crippen molar-refractivity contribution in [1.82, 2.24) is 15.1 Å². The highest BCUT2D eigenvalue weighted by molar-refractivity contribution is 6.07. The number of nitrogens with two attached hydrogens (primary N) is 1. The van der Waals surface area contributed by atoms with Crippen LogP contribution < -0.4 is 11.1 Å². The summed E-state index contributed by atoms with van der Waals surface area (Å²) in [6, 6.07) is -0.366. The third-order valence-electron chi connectivity index (χ3n) is 4.90. The van der Waals surface area contributed by atoms with Crippen molar-refractivity contribution in [2.45, 2.75) is 51.5 Å². The van der Waals surface area contributed by atoms with Crippen LogP contribution in [0.25, 0.3) is 0 Å². The van der Waals surface area contributed by atoms with Crippen LogP contribution in [0.4, 0.5) is 4.79 Å². The summed E-state index contributed by atoms with van der Waals surface area (Å²) in [4.78, 5) is 39.6. The van der Waals surface area contributed by atoms with Gasteiger partial charge in [-0.25, -0.2) is 4.79 Å². The van der Waals surface area contributed by atoms with Crippen LogP contribution in [0.5, 0.6) is 0 Å². The summed E-state index contributed by atoms with van der Waals surface area (Å²) in [5, 5.41) is 2.83. The molecule has 4 amide bonds. The van der Waals surface area contributed by atoms with Gasteiger partial charge in [0.15, 0.2) is 0 Å². The van der Waals surface area contributed by atoms with Gasteiger partial charge in [0, 0.05) is 26.6 Å². The fraction of sp³-hybridized carbons (Fsp3) is 0.812. The van der Waals surface area contributed by atoms with E-state index in [-0.39, 0.29) is 48.6 Å². The van der Waals surface area contributed by atoms with Crippen LogP contribution in [0.2, 0.25) is 0 Å². The maximum atomic E-state index is 12.5. The van der Waals surface area contributed by atoms with Crippen molar-refractivity contribution in [2.24, 2.45) is 11.1 Å². The van der Waals surface area contributed by atoms with Gasteiger partial charge in [-0.1, -0.05) is 26.7 Å². The summed E-state index contributed by atoms with van der Waals surface area (Å²) in [6.45, 7) is 5.17. The average molecular weight is 361 g/mol. The van der Waals surface area contributed by atoms with Gasteiger partial charge in [-0.05, 0) is 24.8 Å². The molecule has 138 valence electrons. The highest BCUT2D eigenvalue weighted by atomic mass is 35.5. The summed E-state index contributed by atoms with van der Waals surface area (Å²) in [6.07, 6.45) is 3.46. The van der Waals surface area contributed by atoms with E-state index >= 15 is 0 Å². The molecule has 0 bridgehead atoms. The molecule has 2 aliphatic rings. The summed E-state index contributed by atoms with van der Waals surface area (Å²) in [5.41, 5.74) is 4.83. The maximum Gasteiger partial charge on any atom is 0.325 e. The number of hydrogen-bond acceptors (Lipinski definition) is 4. The van der Waals surface area contributed by atoms with Gasteiger partial charge >= 0.3 is 6.03 Å². The Morgan fingerprint density at radius 1 is 1.33 bits per heavy atom. The molecule has 0 radical (unpaired) electrons. The zero-order valence-corrected chi connectivity index (χ0v) is 15.6. The number of hydrogen-bond donors (Lipinski definition) is 2. The molecule has 0 unspecified atom stereocenters. The smallest absolute Gasteiger partial charge is 0.325 e. The van der Waals surface area contributed by atoms with Gasteiger partial charge < -0.3 is 16.0 Å². The molecule has 1 heterocycles. The van der Waals surface area contributed by atoms with E-state index in [1.165, 1.54) is 4.90 Å². The third-order valence-corrected chi connectivity index (χ3v) is 4.90. The Bertz CT molecular complexity index is 504. The second-order valence-corrected chi connectivity index (χ2v) is 7.54. The quantitative estimate of drug-likeness (QED) is 0.693. The van der Waals surface area contributed by atoms with Crippen LogP contribution in [-0.2, 0) is 9.59 Å². The van der Waals surface area contributed by atoms with E-state index in [1.807, 2.05) is 13.8 Å². The fourth-order valence-corrected chi connectivity index (χ4v) is 3.39. The minimum Gasteiger partial charge on any atom is -0.345 e. The van der Waals surface area contributed by atoms with E-state index in [2.05, 4.69) is 5.32 Å². The molecule has 1 aliphatic carbocycles. The van der Waals surface area contributed by atoms with Crippen LogP contribution in [0, 0.1) is 5.41 Å². The second-order valence-electron chi connectivity index (χ2n) is 7.54. The van der Waals surface area contributed by atoms with Gasteiger partial charge in [-0.2, -0.15) is 0 Å². The number of carbonyl (C=O) groups is 3. The van der Waals surface area contributed by atoms with E-state index in [0.29, 0.717) is 25.9 Å². The molecule has 8 heteroatoms. The monoisotopic (exact) mass is 360 g/mol. The van der Waals surface area contributed by atoms with Crippen molar-refractivity contribution in [1.29, 1.82) is 0 Å². The lowest BCUT2D eigenvalue weighted by Crippen LogP contribution is -2.44. The Morgan fingerprint density at radius 2 is 1.92 bits per heavy atom. The molecule has 0 aromatic heterocycles. The molecule has 7 nitrogen and oxygen atoms in total. The molecule has 0 aromatic rings. The normalized spacial score (nSPS) is 19.4.